The smallest absolute Gasteiger partial charge is 0.0672 e. The van der Waals surface area contributed by atoms with Gasteiger partial charge in [0.15, 0.2) is 0 Å². The van der Waals surface area contributed by atoms with E-state index in [0.717, 1.165) is 31.7 Å². The summed E-state index contributed by atoms with van der Waals surface area (Å²) in [5.41, 5.74) is 6.35. The highest BCUT2D eigenvalue weighted by molar-refractivity contribution is 5.69. The number of nitrogens with one attached hydrogen (secondary N) is 1. The number of benzene rings is 1. The van der Waals surface area contributed by atoms with Crippen LogP contribution in [0.4, 0.5) is 0 Å². The molecular formula is C18H27N3. The Morgan fingerprint density at radius 1 is 1.10 bits per heavy atom. The molecule has 0 spiro atoms. The fourth-order valence-corrected chi connectivity index (χ4v) is 2.67. The van der Waals surface area contributed by atoms with Crippen molar-refractivity contribution in [2.24, 2.45) is 0 Å². The molecule has 1 heterocycles. The summed E-state index contributed by atoms with van der Waals surface area (Å²) in [5.74, 6) is 0. The standard InChI is InChI=1S/C18H27N3/c1-5-9-19-12-16-7-8-17(14(3)11-16)18-13-21(10-6-2)20-15(18)4/h7-8,11,13,19H,5-6,9-10,12H2,1-4H3. The van der Waals surface area contributed by atoms with Crippen molar-refractivity contribution >= 4 is 0 Å². The highest BCUT2D eigenvalue weighted by Gasteiger charge is 2.10. The van der Waals surface area contributed by atoms with E-state index in [1.54, 1.807) is 0 Å². The van der Waals surface area contributed by atoms with Gasteiger partial charge in [0, 0.05) is 24.8 Å². The van der Waals surface area contributed by atoms with Gasteiger partial charge in [0.05, 0.1) is 5.69 Å². The first kappa shape index (κ1) is 15.8. The van der Waals surface area contributed by atoms with Crippen molar-refractivity contribution < 1.29 is 0 Å². The third-order valence-corrected chi connectivity index (χ3v) is 3.74. The van der Waals surface area contributed by atoms with E-state index in [9.17, 15) is 0 Å². The molecule has 0 amide bonds. The molecule has 2 rings (SSSR count). The molecule has 2 aromatic rings. The molecule has 1 aromatic carbocycles. The molecular weight excluding hydrogens is 258 g/mol. The lowest BCUT2D eigenvalue weighted by Crippen LogP contribution is -2.13. The van der Waals surface area contributed by atoms with E-state index in [-0.39, 0.29) is 0 Å². The van der Waals surface area contributed by atoms with Gasteiger partial charge in [-0.3, -0.25) is 4.68 Å². The zero-order valence-electron chi connectivity index (χ0n) is 13.7. The Bertz CT molecular complexity index is 584. The second-order valence-corrected chi connectivity index (χ2v) is 5.72. The normalized spacial score (nSPS) is 11.0. The Labute approximate surface area is 128 Å². The molecule has 0 saturated heterocycles. The van der Waals surface area contributed by atoms with Crippen molar-refractivity contribution in [3.63, 3.8) is 0 Å². The molecule has 0 aliphatic carbocycles. The summed E-state index contributed by atoms with van der Waals surface area (Å²) in [6.07, 6.45) is 4.46. The minimum absolute atomic E-state index is 0.947. The lowest BCUT2D eigenvalue weighted by Gasteiger charge is -2.09. The van der Waals surface area contributed by atoms with Crippen LogP contribution < -0.4 is 5.32 Å². The maximum absolute atomic E-state index is 4.61. The Balaban J connectivity index is 2.20. The summed E-state index contributed by atoms with van der Waals surface area (Å²) in [6.45, 7) is 11.7. The van der Waals surface area contributed by atoms with Gasteiger partial charge < -0.3 is 5.32 Å². The third-order valence-electron chi connectivity index (χ3n) is 3.74. The Kier molecular flexibility index (Phi) is 5.57. The molecule has 1 aromatic heterocycles. The summed E-state index contributed by atoms with van der Waals surface area (Å²) in [5, 5.41) is 8.06. The van der Waals surface area contributed by atoms with E-state index in [2.05, 4.69) is 67.2 Å². The fraction of sp³-hybridized carbons (Fsp3) is 0.500. The van der Waals surface area contributed by atoms with Crippen LogP contribution in [0.1, 0.15) is 43.5 Å². The molecule has 0 fully saturated rings. The average molecular weight is 285 g/mol. The van der Waals surface area contributed by atoms with Crippen molar-refractivity contribution in [3.8, 4) is 11.1 Å². The number of aromatic nitrogens is 2. The highest BCUT2D eigenvalue weighted by Crippen LogP contribution is 2.27. The number of nitrogens with zero attached hydrogens (tertiary/aromatic N) is 2. The number of hydrogen-bond acceptors (Lipinski definition) is 2. The van der Waals surface area contributed by atoms with Crippen molar-refractivity contribution in [2.75, 3.05) is 6.54 Å². The summed E-state index contributed by atoms with van der Waals surface area (Å²) < 4.78 is 2.06. The molecule has 3 nitrogen and oxygen atoms in total. The van der Waals surface area contributed by atoms with Crippen LogP contribution in [-0.4, -0.2) is 16.3 Å². The van der Waals surface area contributed by atoms with Crippen molar-refractivity contribution in [1.82, 2.24) is 15.1 Å². The average Bonchev–Trinajstić information content (AvgIpc) is 2.80. The lowest BCUT2D eigenvalue weighted by atomic mass is 9.99. The van der Waals surface area contributed by atoms with Crippen LogP contribution in [0.2, 0.25) is 0 Å². The predicted octanol–water partition coefficient (Wildman–Crippen LogP) is 4.08. The fourth-order valence-electron chi connectivity index (χ4n) is 2.67. The largest absolute Gasteiger partial charge is 0.313 e. The number of hydrogen-bond donors (Lipinski definition) is 1. The molecule has 0 radical (unpaired) electrons. The van der Waals surface area contributed by atoms with Crippen molar-refractivity contribution in [1.29, 1.82) is 0 Å². The SMILES string of the molecule is CCCNCc1ccc(-c2cn(CCC)nc2C)c(C)c1. The molecule has 0 saturated carbocycles. The second kappa shape index (κ2) is 7.41. The molecule has 114 valence electrons. The summed E-state index contributed by atoms with van der Waals surface area (Å²) in [7, 11) is 0. The molecule has 21 heavy (non-hydrogen) atoms. The molecule has 0 aliphatic heterocycles. The Hall–Kier alpha value is -1.61. The first-order valence-corrected chi connectivity index (χ1v) is 8.00. The second-order valence-electron chi connectivity index (χ2n) is 5.72. The summed E-state index contributed by atoms with van der Waals surface area (Å²) >= 11 is 0. The van der Waals surface area contributed by atoms with Gasteiger partial charge in [-0.15, -0.1) is 0 Å². The maximum atomic E-state index is 4.61. The van der Waals surface area contributed by atoms with Gasteiger partial charge in [-0.1, -0.05) is 32.0 Å². The van der Waals surface area contributed by atoms with Gasteiger partial charge >= 0.3 is 0 Å². The van der Waals surface area contributed by atoms with Gasteiger partial charge in [0.25, 0.3) is 0 Å². The summed E-state index contributed by atoms with van der Waals surface area (Å²) in [6, 6.07) is 6.74. The molecule has 0 aliphatic rings. The van der Waals surface area contributed by atoms with Crippen LogP contribution in [0.15, 0.2) is 24.4 Å². The molecule has 0 unspecified atom stereocenters. The zero-order valence-corrected chi connectivity index (χ0v) is 13.7. The van der Waals surface area contributed by atoms with Crippen LogP contribution in [0.3, 0.4) is 0 Å². The lowest BCUT2D eigenvalue weighted by molar-refractivity contribution is 0.598. The van der Waals surface area contributed by atoms with E-state index in [0.29, 0.717) is 0 Å². The first-order valence-electron chi connectivity index (χ1n) is 8.00. The topological polar surface area (TPSA) is 29.9 Å². The highest BCUT2D eigenvalue weighted by atomic mass is 15.3. The van der Waals surface area contributed by atoms with E-state index >= 15 is 0 Å². The molecule has 1 N–H and O–H groups in total. The third kappa shape index (κ3) is 3.94. The predicted molar refractivity (Wildman–Crippen MR) is 89.4 cm³/mol. The van der Waals surface area contributed by atoms with Gasteiger partial charge in [-0.2, -0.15) is 5.10 Å². The van der Waals surface area contributed by atoms with E-state index in [1.807, 2.05) is 0 Å². The van der Waals surface area contributed by atoms with Crippen LogP contribution in [0, 0.1) is 13.8 Å². The van der Waals surface area contributed by atoms with Crippen molar-refractivity contribution in [3.05, 3.63) is 41.2 Å². The first-order chi connectivity index (χ1) is 10.2. The molecule has 3 heteroatoms. The maximum Gasteiger partial charge on any atom is 0.0672 e. The number of rotatable bonds is 7. The van der Waals surface area contributed by atoms with E-state index < -0.39 is 0 Å². The molecule has 0 bridgehead atoms. The minimum Gasteiger partial charge on any atom is -0.313 e. The Morgan fingerprint density at radius 3 is 2.57 bits per heavy atom. The van der Waals surface area contributed by atoms with Gasteiger partial charge in [-0.25, -0.2) is 0 Å². The number of aryl methyl sites for hydroxylation is 3. The van der Waals surface area contributed by atoms with Gasteiger partial charge in [0.1, 0.15) is 0 Å². The Morgan fingerprint density at radius 2 is 1.90 bits per heavy atom. The minimum atomic E-state index is 0.947. The molecule has 0 atom stereocenters. The van der Waals surface area contributed by atoms with Crippen LogP contribution in [-0.2, 0) is 13.1 Å². The van der Waals surface area contributed by atoms with Crippen LogP contribution in [0.5, 0.6) is 0 Å². The quantitative estimate of drug-likeness (QED) is 0.777. The van der Waals surface area contributed by atoms with Crippen molar-refractivity contribution in [2.45, 2.75) is 53.6 Å². The van der Waals surface area contributed by atoms with Gasteiger partial charge in [-0.05, 0) is 49.9 Å². The van der Waals surface area contributed by atoms with E-state index in [1.165, 1.54) is 28.7 Å². The van der Waals surface area contributed by atoms with Crippen LogP contribution >= 0.6 is 0 Å². The summed E-state index contributed by atoms with van der Waals surface area (Å²) in [4.78, 5) is 0. The van der Waals surface area contributed by atoms with Gasteiger partial charge in [0.2, 0.25) is 0 Å². The zero-order chi connectivity index (χ0) is 15.2. The van der Waals surface area contributed by atoms with E-state index in [4.69, 9.17) is 0 Å². The van der Waals surface area contributed by atoms with Crippen LogP contribution in [0.25, 0.3) is 11.1 Å². The monoisotopic (exact) mass is 285 g/mol.